The van der Waals surface area contributed by atoms with E-state index in [1.54, 1.807) is 36.2 Å². The Labute approximate surface area is 227 Å². The first kappa shape index (κ1) is 27.2. The van der Waals surface area contributed by atoms with Crippen molar-refractivity contribution in [3.63, 3.8) is 0 Å². The van der Waals surface area contributed by atoms with Crippen LogP contribution in [0.1, 0.15) is 52.5 Å². The molecule has 2 aliphatic heterocycles. The molecule has 4 heterocycles. The standard InChI is InChI=1S/C26H29F3N8O3/c1-34(14-16-4-6-17(7-5-16)21(30)31)24-32-22(33-37(24)23(38)18-9-13-40-15-18)19-8-12-36(20(19)26(27,28)29)25(39)35-10-2-3-11-35/h4-7,9,13,15,19-20H,2-3,8,10-12,14H2,1H3,(H3,30,31). The third-order valence-corrected chi connectivity index (χ3v) is 7.28. The van der Waals surface area contributed by atoms with E-state index in [0.29, 0.717) is 18.7 Å². The number of nitrogens with zero attached hydrogens (tertiary/aromatic N) is 6. The van der Waals surface area contributed by atoms with Crippen LogP contribution in [0.15, 0.2) is 47.3 Å². The third kappa shape index (κ3) is 5.25. The Kier molecular flexibility index (Phi) is 7.25. The summed E-state index contributed by atoms with van der Waals surface area (Å²) in [5.41, 5.74) is 7.01. The van der Waals surface area contributed by atoms with E-state index in [1.807, 2.05) is 0 Å². The van der Waals surface area contributed by atoms with Gasteiger partial charge in [-0.2, -0.15) is 22.8 Å². The second-order valence-corrected chi connectivity index (χ2v) is 10.0. The van der Waals surface area contributed by atoms with Crippen molar-refractivity contribution in [2.75, 3.05) is 31.6 Å². The number of aromatic nitrogens is 3. The van der Waals surface area contributed by atoms with Crippen LogP contribution in [-0.4, -0.2) is 81.2 Å². The Morgan fingerprint density at radius 3 is 2.42 bits per heavy atom. The largest absolute Gasteiger partial charge is 0.472 e. The van der Waals surface area contributed by atoms with Crippen molar-refractivity contribution in [1.82, 2.24) is 24.6 Å². The maximum Gasteiger partial charge on any atom is 0.409 e. The van der Waals surface area contributed by atoms with Crippen LogP contribution in [0.3, 0.4) is 0 Å². The van der Waals surface area contributed by atoms with E-state index in [9.17, 15) is 22.8 Å². The lowest BCUT2D eigenvalue weighted by Crippen LogP contribution is -2.51. The molecule has 40 heavy (non-hydrogen) atoms. The van der Waals surface area contributed by atoms with E-state index >= 15 is 0 Å². The van der Waals surface area contributed by atoms with Crippen molar-refractivity contribution in [3.05, 3.63) is 65.4 Å². The SMILES string of the molecule is CN(Cc1ccc(C(=N)N)cc1)c1nc(C2CCN(C(=O)N3CCCC3)C2C(F)(F)F)nn1C(=O)c1ccoc1. The Hall–Kier alpha value is -4.36. The summed E-state index contributed by atoms with van der Waals surface area (Å²) in [6.07, 6.45) is -0.670. The lowest BCUT2D eigenvalue weighted by molar-refractivity contribution is -0.174. The number of carbonyl (C=O) groups excluding carboxylic acids is 2. The average molecular weight is 559 g/mol. The van der Waals surface area contributed by atoms with Crippen LogP contribution in [0, 0.1) is 5.41 Å². The smallest absolute Gasteiger partial charge is 0.409 e. The average Bonchev–Trinajstić information content (AvgIpc) is 3.74. The first-order valence-electron chi connectivity index (χ1n) is 12.8. The van der Waals surface area contributed by atoms with Crippen molar-refractivity contribution in [2.24, 2.45) is 5.73 Å². The highest BCUT2D eigenvalue weighted by Gasteiger charge is 2.56. The number of hydrogen-bond donors (Lipinski definition) is 2. The lowest BCUT2D eigenvalue weighted by atomic mass is 9.99. The fourth-order valence-corrected chi connectivity index (χ4v) is 5.27. The second kappa shape index (κ2) is 10.7. The van der Waals surface area contributed by atoms with E-state index in [-0.39, 0.29) is 42.7 Å². The Morgan fingerprint density at radius 1 is 1.12 bits per heavy atom. The summed E-state index contributed by atoms with van der Waals surface area (Å²) < 4.78 is 49.3. The number of alkyl halides is 3. The minimum atomic E-state index is -4.72. The lowest BCUT2D eigenvalue weighted by Gasteiger charge is -2.32. The van der Waals surface area contributed by atoms with Gasteiger partial charge in [0.2, 0.25) is 5.95 Å². The van der Waals surface area contributed by atoms with Gasteiger partial charge in [-0.25, -0.2) is 4.79 Å². The van der Waals surface area contributed by atoms with E-state index in [2.05, 4.69) is 10.1 Å². The molecule has 2 unspecified atom stereocenters. The van der Waals surface area contributed by atoms with E-state index in [4.69, 9.17) is 15.6 Å². The fraction of sp³-hybridized carbons (Fsp3) is 0.423. The van der Waals surface area contributed by atoms with Gasteiger partial charge in [-0.1, -0.05) is 24.3 Å². The number of benzene rings is 1. The molecule has 3 N–H and O–H groups in total. The summed E-state index contributed by atoms with van der Waals surface area (Å²) in [7, 11) is 1.64. The molecule has 0 bridgehead atoms. The van der Waals surface area contributed by atoms with Gasteiger partial charge >= 0.3 is 12.2 Å². The number of furan rings is 1. The van der Waals surface area contributed by atoms with Crippen molar-refractivity contribution >= 4 is 23.7 Å². The number of carbonyl (C=O) groups is 2. The quantitative estimate of drug-likeness (QED) is 0.349. The number of nitrogens with one attached hydrogen (secondary N) is 1. The molecular weight excluding hydrogens is 529 g/mol. The molecule has 2 atom stereocenters. The monoisotopic (exact) mass is 558 g/mol. The minimum Gasteiger partial charge on any atom is -0.472 e. The summed E-state index contributed by atoms with van der Waals surface area (Å²) in [5.74, 6) is -2.06. The van der Waals surface area contributed by atoms with Crippen molar-refractivity contribution in [3.8, 4) is 0 Å². The molecule has 1 aromatic carbocycles. The van der Waals surface area contributed by atoms with Crippen LogP contribution in [0.2, 0.25) is 0 Å². The van der Waals surface area contributed by atoms with Crippen LogP contribution < -0.4 is 10.6 Å². The summed E-state index contributed by atoms with van der Waals surface area (Å²) in [6.45, 7) is 1.00. The van der Waals surface area contributed by atoms with E-state index in [0.717, 1.165) is 28.0 Å². The molecule has 0 saturated carbocycles. The van der Waals surface area contributed by atoms with E-state index in [1.165, 1.54) is 23.5 Å². The summed E-state index contributed by atoms with van der Waals surface area (Å²) in [6, 6.07) is 5.54. The number of anilines is 1. The molecule has 14 heteroatoms. The summed E-state index contributed by atoms with van der Waals surface area (Å²) in [5, 5.41) is 11.8. The molecule has 0 spiro atoms. The van der Waals surface area contributed by atoms with Gasteiger partial charge in [0.15, 0.2) is 5.82 Å². The normalized spacial score (nSPS) is 19.3. The topological polar surface area (TPSA) is 138 Å². The third-order valence-electron chi connectivity index (χ3n) is 7.28. The molecule has 0 radical (unpaired) electrons. The second-order valence-electron chi connectivity index (χ2n) is 10.0. The van der Waals surface area contributed by atoms with Crippen LogP contribution in [0.4, 0.5) is 23.9 Å². The van der Waals surface area contributed by atoms with Gasteiger partial charge in [0.05, 0.1) is 17.7 Å². The Morgan fingerprint density at radius 2 is 1.82 bits per heavy atom. The number of nitrogens with two attached hydrogens (primary N) is 1. The summed E-state index contributed by atoms with van der Waals surface area (Å²) >= 11 is 0. The van der Waals surface area contributed by atoms with Crippen molar-refractivity contribution < 1.29 is 27.2 Å². The highest BCUT2D eigenvalue weighted by Crippen LogP contribution is 2.42. The highest BCUT2D eigenvalue weighted by molar-refractivity contribution is 5.96. The molecule has 2 aliphatic rings. The zero-order valence-corrected chi connectivity index (χ0v) is 21.8. The van der Waals surface area contributed by atoms with Gasteiger partial charge < -0.3 is 24.9 Å². The molecule has 2 aromatic heterocycles. The zero-order valence-electron chi connectivity index (χ0n) is 21.8. The number of hydrogen-bond acceptors (Lipinski definition) is 7. The van der Waals surface area contributed by atoms with Crippen LogP contribution in [0.25, 0.3) is 0 Å². The van der Waals surface area contributed by atoms with Gasteiger partial charge in [-0.15, -0.1) is 5.10 Å². The maximum absolute atomic E-state index is 14.4. The van der Waals surface area contributed by atoms with Gasteiger partial charge in [-0.05, 0) is 30.9 Å². The van der Waals surface area contributed by atoms with Crippen molar-refractivity contribution in [1.29, 1.82) is 5.41 Å². The molecule has 212 valence electrons. The minimum absolute atomic E-state index is 0.00331. The highest BCUT2D eigenvalue weighted by atomic mass is 19.4. The molecule has 2 amide bonds. The van der Waals surface area contributed by atoms with Gasteiger partial charge in [-0.3, -0.25) is 10.2 Å². The Bertz CT molecular complexity index is 1380. The number of amides is 2. The molecule has 0 aliphatic carbocycles. The maximum atomic E-state index is 14.4. The molecule has 3 aromatic rings. The first-order chi connectivity index (χ1) is 19.0. The fourth-order valence-electron chi connectivity index (χ4n) is 5.27. The number of rotatable bonds is 6. The first-order valence-corrected chi connectivity index (χ1v) is 12.8. The molecule has 11 nitrogen and oxygen atoms in total. The van der Waals surface area contributed by atoms with Gasteiger partial charge in [0, 0.05) is 38.8 Å². The van der Waals surface area contributed by atoms with E-state index < -0.39 is 30.1 Å². The molecule has 2 saturated heterocycles. The van der Waals surface area contributed by atoms with Crippen molar-refractivity contribution in [2.45, 2.75) is 43.9 Å². The van der Waals surface area contributed by atoms with Crippen LogP contribution in [0.5, 0.6) is 0 Å². The Balaban J connectivity index is 1.48. The van der Waals surface area contributed by atoms with Gasteiger partial charge in [0.1, 0.15) is 18.1 Å². The summed E-state index contributed by atoms with van der Waals surface area (Å²) in [4.78, 5) is 34.7. The predicted octanol–water partition coefficient (Wildman–Crippen LogP) is 3.42. The van der Waals surface area contributed by atoms with Crippen LogP contribution in [-0.2, 0) is 6.54 Å². The molecule has 5 rings (SSSR count). The molecule has 2 fully saturated rings. The zero-order chi connectivity index (χ0) is 28.6. The number of amidine groups is 1. The number of halogens is 3. The van der Waals surface area contributed by atoms with Crippen LogP contribution >= 0.6 is 0 Å². The predicted molar refractivity (Wildman–Crippen MR) is 138 cm³/mol. The van der Waals surface area contributed by atoms with Gasteiger partial charge in [0.25, 0.3) is 5.91 Å². The number of nitrogen functional groups attached to an aromatic ring is 1. The number of urea groups is 1. The number of likely N-dealkylation sites (tertiary alicyclic amines) is 2. The molecular formula is C26H29F3N8O3.